The molecule has 92 valence electrons. The van der Waals surface area contributed by atoms with Crippen molar-refractivity contribution in [3.63, 3.8) is 0 Å². The van der Waals surface area contributed by atoms with E-state index < -0.39 is 0 Å². The van der Waals surface area contributed by atoms with Crippen LogP contribution >= 0.6 is 0 Å². The van der Waals surface area contributed by atoms with Crippen molar-refractivity contribution >= 4 is 11.9 Å². The lowest BCUT2D eigenvalue weighted by atomic mass is 10.1. The van der Waals surface area contributed by atoms with Gasteiger partial charge >= 0.3 is 5.97 Å². The Kier molecular flexibility index (Phi) is 4.69. The number of hydrogen-bond acceptors (Lipinski definition) is 3. The van der Waals surface area contributed by atoms with Gasteiger partial charge in [-0.25, -0.2) is 4.79 Å². The number of benzene rings is 1. The second-order valence-corrected chi connectivity index (χ2v) is 4.06. The molecule has 1 aromatic rings. The number of carbonyl (C=O) groups excluding carboxylic acids is 2. The zero-order valence-corrected chi connectivity index (χ0v) is 10.3. The van der Waals surface area contributed by atoms with Crippen molar-refractivity contribution in [2.24, 2.45) is 0 Å². The van der Waals surface area contributed by atoms with Crippen LogP contribution in [0.5, 0.6) is 0 Å². The van der Waals surface area contributed by atoms with Crippen LogP contribution < -0.4 is 5.32 Å². The number of esters is 1. The summed E-state index contributed by atoms with van der Waals surface area (Å²) < 4.78 is 5.07. The van der Waals surface area contributed by atoms with E-state index in [1.807, 2.05) is 13.8 Å². The van der Waals surface area contributed by atoms with Crippen molar-refractivity contribution in [2.45, 2.75) is 33.4 Å². The van der Waals surface area contributed by atoms with E-state index >= 15 is 0 Å². The fourth-order valence-corrected chi connectivity index (χ4v) is 1.27. The zero-order chi connectivity index (χ0) is 12.8. The minimum atomic E-state index is -0.328. The minimum absolute atomic E-state index is 0.0757. The lowest BCUT2D eigenvalue weighted by Crippen LogP contribution is -2.19. The van der Waals surface area contributed by atoms with Gasteiger partial charge in [0.1, 0.15) is 0 Å². The first-order chi connectivity index (χ1) is 7.99. The Hall–Kier alpha value is -1.84. The van der Waals surface area contributed by atoms with Crippen LogP contribution in [-0.2, 0) is 16.1 Å². The van der Waals surface area contributed by atoms with E-state index in [0.29, 0.717) is 12.1 Å². The van der Waals surface area contributed by atoms with Crippen LogP contribution in [0.4, 0.5) is 0 Å². The lowest BCUT2D eigenvalue weighted by Gasteiger charge is -2.08. The van der Waals surface area contributed by atoms with E-state index in [1.54, 1.807) is 24.3 Å². The number of nitrogens with one attached hydrogen (secondary N) is 1. The van der Waals surface area contributed by atoms with Crippen LogP contribution in [0, 0.1) is 0 Å². The third-order valence-electron chi connectivity index (χ3n) is 2.07. The predicted octanol–water partition coefficient (Wildman–Crippen LogP) is 1.89. The van der Waals surface area contributed by atoms with Gasteiger partial charge in [0.15, 0.2) is 0 Å². The SMILES string of the molecule is CC(=O)NCc1ccc(C(=O)OC(C)C)cc1. The summed E-state index contributed by atoms with van der Waals surface area (Å²) in [7, 11) is 0. The normalized spacial score (nSPS) is 10.1. The number of amides is 1. The maximum atomic E-state index is 11.5. The molecule has 0 heterocycles. The molecule has 0 spiro atoms. The van der Waals surface area contributed by atoms with Gasteiger partial charge in [0.2, 0.25) is 5.91 Å². The molecule has 1 amide bonds. The Morgan fingerprint density at radius 3 is 2.29 bits per heavy atom. The van der Waals surface area contributed by atoms with Crippen LogP contribution in [-0.4, -0.2) is 18.0 Å². The van der Waals surface area contributed by atoms with Gasteiger partial charge in [0, 0.05) is 13.5 Å². The molecule has 4 heteroatoms. The fourth-order valence-electron chi connectivity index (χ4n) is 1.27. The number of carbonyl (C=O) groups is 2. The largest absolute Gasteiger partial charge is 0.459 e. The third-order valence-corrected chi connectivity index (χ3v) is 2.07. The maximum absolute atomic E-state index is 11.5. The van der Waals surface area contributed by atoms with Crippen LogP contribution in [0.1, 0.15) is 36.7 Å². The topological polar surface area (TPSA) is 55.4 Å². The van der Waals surface area contributed by atoms with Crippen LogP contribution in [0.15, 0.2) is 24.3 Å². The molecule has 0 saturated carbocycles. The van der Waals surface area contributed by atoms with Crippen molar-refractivity contribution in [1.82, 2.24) is 5.32 Å². The highest BCUT2D eigenvalue weighted by Gasteiger charge is 2.08. The summed E-state index contributed by atoms with van der Waals surface area (Å²) in [6.07, 6.45) is -0.124. The molecule has 0 atom stereocenters. The summed E-state index contributed by atoms with van der Waals surface area (Å²) >= 11 is 0. The second-order valence-electron chi connectivity index (χ2n) is 4.06. The second kappa shape index (κ2) is 6.03. The quantitative estimate of drug-likeness (QED) is 0.811. The first kappa shape index (κ1) is 13.2. The molecule has 0 bridgehead atoms. The zero-order valence-electron chi connectivity index (χ0n) is 10.3. The Morgan fingerprint density at radius 1 is 1.24 bits per heavy atom. The standard InChI is InChI=1S/C13H17NO3/c1-9(2)17-13(16)12-6-4-11(5-7-12)8-14-10(3)15/h4-7,9H,8H2,1-3H3,(H,14,15). The van der Waals surface area contributed by atoms with E-state index in [9.17, 15) is 9.59 Å². The molecule has 0 aliphatic heterocycles. The summed E-state index contributed by atoms with van der Waals surface area (Å²) in [6.45, 7) is 5.55. The molecule has 1 N–H and O–H groups in total. The van der Waals surface area contributed by atoms with E-state index in [0.717, 1.165) is 5.56 Å². The molecule has 0 unspecified atom stereocenters. The average molecular weight is 235 g/mol. The predicted molar refractivity (Wildman–Crippen MR) is 64.5 cm³/mol. The molecule has 1 aromatic carbocycles. The van der Waals surface area contributed by atoms with Gasteiger partial charge in [-0.1, -0.05) is 12.1 Å². The van der Waals surface area contributed by atoms with E-state index in [1.165, 1.54) is 6.92 Å². The van der Waals surface area contributed by atoms with Crippen molar-refractivity contribution in [3.8, 4) is 0 Å². The Labute approximate surface area is 101 Å². The molecule has 4 nitrogen and oxygen atoms in total. The molecule has 1 rings (SSSR count). The van der Waals surface area contributed by atoms with Gasteiger partial charge in [0.25, 0.3) is 0 Å². The monoisotopic (exact) mass is 235 g/mol. The van der Waals surface area contributed by atoms with Gasteiger partial charge in [-0.3, -0.25) is 4.79 Å². The first-order valence-electron chi connectivity index (χ1n) is 5.53. The number of ether oxygens (including phenoxy) is 1. The van der Waals surface area contributed by atoms with Crippen molar-refractivity contribution in [2.75, 3.05) is 0 Å². The Balaban J connectivity index is 2.61. The van der Waals surface area contributed by atoms with Crippen LogP contribution in [0.3, 0.4) is 0 Å². The fraction of sp³-hybridized carbons (Fsp3) is 0.385. The molecule has 0 aliphatic rings. The summed E-state index contributed by atoms with van der Waals surface area (Å²) in [5.41, 5.74) is 1.46. The van der Waals surface area contributed by atoms with Crippen molar-refractivity contribution in [1.29, 1.82) is 0 Å². The molecule has 0 aliphatic carbocycles. The summed E-state index contributed by atoms with van der Waals surface area (Å²) in [4.78, 5) is 22.3. The van der Waals surface area contributed by atoms with Crippen LogP contribution in [0.2, 0.25) is 0 Å². The summed E-state index contributed by atoms with van der Waals surface area (Å²) in [5, 5.41) is 2.69. The first-order valence-corrected chi connectivity index (χ1v) is 5.53. The third kappa shape index (κ3) is 4.68. The summed E-state index contributed by atoms with van der Waals surface area (Å²) in [5.74, 6) is -0.403. The van der Waals surface area contributed by atoms with E-state index in [2.05, 4.69) is 5.32 Å². The van der Waals surface area contributed by atoms with Gasteiger partial charge < -0.3 is 10.1 Å². The molecule has 17 heavy (non-hydrogen) atoms. The molecule has 0 saturated heterocycles. The highest BCUT2D eigenvalue weighted by atomic mass is 16.5. The van der Waals surface area contributed by atoms with Gasteiger partial charge in [-0.15, -0.1) is 0 Å². The molecule has 0 aromatic heterocycles. The highest BCUT2D eigenvalue weighted by molar-refractivity contribution is 5.89. The van der Waals surface area contributed by atoms with E-state index in [4.69, 9.17) is 4.74 Å². The van der Waals surface area contributed by atoms with E-state index in [-0.39, 0.29) is 18.0 Å². The number of hydrogen-bond donors (Lipinski definition) is 1. The molecular weight excluding hydrogens is 218 g/mol. The van der Waals surface area contributed by atoms with Crippen molar-refractivity contribution in [3.05, 3.63) is 35.4 Å². The lowest BCUT2D eigenvalue weighted by molar-refractivity contribution is -0.119. The molecule has 0 radical (unpaired) electrons. The van der Waals surface area contributed by atoms with Gasteiger partial charge in [-0.2, -0.15) is 0 Å². The molecular formula is C13H17NO3. The highest BCUT2D eigenvalue weighted by Crippen LogP contribution is 2.07. The van der Waals surface area contributed by atoms with Crippen LogP contribution in [0.25, 0.3) is 0 Å². The maximum Gasteiger partial charge on any atom is 0.338 e. The average Bonchev–Trinajstić information content (AvgIpc) is 2.26. The Morgan fingerprint density at radius 2 is 1.82 bits per heavy atom. The summed E-state index contributed by atoms with van der Waals surface area (Å²) in [6, 6.07) is 6.99. The molecule has 0 fully saturated rings. The van der Waals surface area contributed by atoms with Gasteiger partial charge in [0.05, 0.1) is 11.7 Å². The smallest absolute Gasteiger partial charge is 0.338 e. The van der Waals surface area contributed by atoms with Gasteiger partial charge in [-0.05, 0) is 31.5 Å². The number of rotatable bonds is 4. The minimum Gasteiger partial charge on any atom is -0.459 e. The Bertz CT molecular complexity index is 396. The van der Waals surface area contributed by atoms with Crippen molar-refractivity contribution < 1.29 is 14.3 Å².